The Morgan fingerprint density at radius 3 is 2.90 bits per heavy atom. The van der Waals surface area contributed by atoms with Crippen molar-refractivity contribution in [2.45, 2.75) is 19.4 Å². The Balaban J connectivity index is 1.69. The molecule has 0 bridgehead atoms. The first-order chi connectivity index (χ1) is 10.1. The van der Waals surface area contributed by atoms with Gasteiger partial charge < -0.3 is 9.73 Å². The lowest BCUT2D eigenvalue weighted by Crippen LogP contribution is -2.33. The van der Waals surface area contributed by atoms with Gasteiger partial charge in [0.2, 0.25) is 0 Å². The van der Waals surface area contributed by atoms with Crippen LogP contribution in [0.5, 0.6) is 0 Å². The van der Waals surface area contributed by atoms with E-state index in [0.29, 0.717) is 10.4 Å². The fourth-order valence-corrected chi connectivity index (χ4v) is 3.59. The minimum absolute atomic E-state index is 0.0411. The van der Waals surface area contributed by atoms with E-state index in [1.54, 1.807) is 23.5 Å². The number of rotatable bonds is 4. The zero-order chi connectivity index (χ0) is 14.8. The molecule has 0 fully saturated rings. The van der Waals surface area contributed by atoms with Gasteiger partial charge in [-0.1, -0.05) is 18.2 Å². The van der Waals surface area contributed by atoms with E-state index in [-0.39, 0.29) is 11.9 Å². The van der Waals surface area contributed by atoms with Crippen LogP contribution in [-0.4, -0.2) is 11.9 Å². The monoisotopic (exact) mass is 363 g/mol. The number of carbonyl (C=O) groups is 1. The summed E-state index contributed by atoms with van der Waals surface area (Å²) in [5.74, 6) is 0.136. The number of thiophene rings is 1. The van der Waals surface area contributed by atoms with Gasteiger partial charge in [0, 0.05) is 10.7 Å². The van der Waals surface area contributed by atoms with E-state index >= 15 is 0 Å². The first kappa shape index (κ1) is 14.4. The van der Waals surface area contributed by atoms with Gasteiger partial charge in [-0.05, 0) is 63.8 Å². The highest BCUT2D eigenvalue weighted by Crippen LogP contribution is 2.26. The van der Waals surface area contributed by atoms with Crippen LogP contribution in [0.3, 0.4) is 0 Å². The van der Waals surface area contributed by atoms with Gasteiger partial charge in [0.25, 0.3) is 5.91 Å². The van der Waals surface area contributed by atoms with Crippen LogP contribution in [-0.2, 0) is 6.42 Å². The molecule has 1 aromatic carbocycles. The van der Waals surface area contributed by atoms with Crippen molar-refractivity contribution in [1.29, 1.82) is 0 Å². The molecule has 0 aliphatic carbocycles. The van der Waals surface area contributed by atoms with E-state index in [1.807, 2.05) is 19.1 Å². The third kappa shape index (κ3) is 3.19. The fourth-order valence-electron chi connectivity index (χ4n) is 2.30. The van der Waals surface area contributed by atoms with Crippen LogP contribution in [0.1, 0.15) is 23.0 Å². The molecule has 3 rings (SSSR count). The number of nitrogens with one attached hydrogen (secondary N) is 1. The molecule has 108 valence electrons. The van der Waals surface area contributed by atoms with Crippen molar-refractivity contribution in [1.82, 2.24) is 5.32 Å². The Bertz CT molecular complexity index is 777. The van der Waals surface area contributed by atoms with Gasteiger partial charge in [-0.3, -0.25) is 4.79 Å². The molecule has 5 heteroatoms. The predicted octanol–water partition coefficient (Wildman–Crippen LogP) is 4.62. The van der Waals surface area contributed by atoms with Crippen LogP contribution in [0.15, 0.2) is 50.9 Å². The molecule has 0 saturated heterocycles. The summed E-state index contributed by atoms with van der Waals surface area (Å²) in [5.41, 5.74) is 1.27. The summed E-state index contributed by atoms with van der Waals surface area (Å²) >= 11 is 4.93. The Kier molecular flexibility index (Phi) is 4.12. The number of furan rings is 1. The minimum atomic E-state index is -0.187. The average molecular weight is 364 g/mol. The largest absolute Gasteiger partial charge is 0.444 e. The second-order valence-corrected chi connectivity index (χ2v) is 6.63. The lowest BCUT2D eigenvalue weighted by molar-refractivity contribution is 0.0911. The van der Waals surface area contributed by atoms with Crippen molar-refractivity contribution < 1.29 is 9.21 Å². The number of benzene rings is 1. The summed E-state index contributed by atoms with van der Waals surface area (Å²) in [4.78, 5) is 12.0. The van der Waals surface area contributed by atoms with Crippen LogP contribution < -0.4 is 5.32 Å². The number of amides is 1. The maximum atomic E-state index is 12.0. The molecule has 1 atom stereocenters. The molecule has 3 nitrogen and oxygen atoms in total. The lowest BCUT2D eigenvalue weighted by Gasteiger charge is -2.12. The number of fused-ring (bicyclic) bond motifs is 1. The van der Waals surface area contributed by atoms with Gasteiger partial charge in [-0.2, -0.15) is 0 Å². The summed E-state index contributed by atoms with van der Waals surface area (Å²) in [7, 11) is 0. The van der Waals surface area contributed by atoms with Gasteiger partial charge in [-0.25, -0.2) is 0 Å². The molecule has 0 radical (unpaired) electrons. The molecule has 21 heavy (non-hydrogen) atoms. The Hall–Kier alpha value is -1.59. The van der Waals surface area contributed by atoms with Crippen molar-refractivity contribution in [2.24, 2.45) is 0 Å². The number of hydrogen-bond acceptors (Lipinski definition) is 3. The molecule has 0 aliphatic heterocycles. The maximum absolute atomic E-state index is 12.0. The molecule has 0 unspecified atom stereocenters. The van der Waals surface area contributed by atoms with E-state index in [4.69, 9.17) is 4.42 Å². The molecule has 0 spiro atoms. The van der Waals surface area contributed by atoms with E-state index in [2.05, 4.69) is 38.8 Å². The highest BCUT2D eigenvalue weighted by Gasteiger charge is 2.15. The van der Waals surface area contributed by atoms with Crippen LogP contribution in [0.2, 0.25) is 0 Å². The van der Waals surface area contributed by atoms with Crippen LogP contribution in [0, 0.1) is 0 Å². The van der Waals surface area contributed by atoms with Crippen molar-refractivity contribution in [3.8, 4) is 0 Å². The van der Waals surface area contributed by atoms with Gasteiger partial charge >= 0.3 is 0 Å². The van der Waals surface area contributed by atoms with Crippen molar-refractivity contribution in [3.05, 3.63) is 57.8 Å². The van der Waals surface area contributed by atoms with Gasteiger partial charge in [0.1, 0.15) is 0 Å². The third-order valence-corrected chi connectivity index (χ3v) is 4.70. The minimum Gasteiger partial charge on any atom is -0.444 e. The Morgan fingerprint density at radius 1 is 1.33 bits per heavy atom. The van der Waals surface area contributed by atoms with Crippen molar-refractivity contribution in [2.75, 3.05) is 0 Å². The molecule has 2 aromatic heterocycles. The zero-order valence-corrected chi connectivity index (χ0v) is 13.8. The van der Waals surface area contributed by atoms with E-state index < -0.39 is 0 Å². The number of hydrogen-bond donors (Lipinski definition) is 1. The molecule has 0 aliphatic rings. The fraction of sp³-hybridized carbons (Fsp3) is 0.188. The van der Waals surface area contributed by atoms with E-state index in [0.717, 1.165) is 6.42 Å². The van der Waals surface area contributed by atoms with Crippen molar-refractivity contribution >= 4 is 43.3 Å². The van der Waals surface area contributed by atoms with Gasteiger partial charge in [0.05, 0.1) is 0 Å². The molecular formula is C16H14BrNO2S. The van der Waals surface area contributed by atoms with Crippen LogP contribution in [0.4, 0.5) is 0 Å². The SMILES string of the molecule is C[C@H](Cc1csc2ccccc12)NC(=O)c1ccc(Br)o1. The quantitative estimate of drug-likeness (QED) is 0.734. The molecule has 1 N–H and O–H groups in total. The summed E-state index contributed by atoms with van der Waals surface area (Å²) < 4.78 is 7.10. The molecular weight excluding hydrogens is 350 g/mol. The van der Waals surface area contributed by atoms with E-state index in [1.165, 1.54) is 15.6 Å². The smallest absolute Gasteiger partial charge is 0.287 e. The summed E-state index contributed by atoms with van der Waals surface area (Å²) in [6.07, 6.45) is 0.803. The van der Waals surface area contributed by atoms with Crippen LogP contribution in [0.25, 0.3) is 10.1 Å². The van der Waals surface area contributed by atoms with Gasteiger partial charge in [0.15, 0.2) is 10.4 Å². The average Bonchev–Trinajstić information content (AvgIpc) is 3.06. The topological polar surface area (TPSA) is 42.2 Å². The van der Waals surface area contributed by atoms with Crippen molar-refractivity contribution in [3.63, 3.8) is 0 Å². The second kappa shape index (κ2) is 6.03. The normalized spacial score (nSPS) is 12.5. The standard InChI is InChI=1S/C16H14BrNO2S/c1-10(18-16(19)13-6-7-15(17)20-13)8-11-9-21-14-5-3-2-4-12(11)14/h2-7,9-10H,8H2,1H3,(H,18,19)/t10-/m1/s1. The predicted molar refractivity (Wildman–Crippen MR) is 88.9 cm³/mol. The maximum Gasteiger partial charge on any atom is 0.287 e. The Labute approximate surface area is 135 Å². The summed E-state index contributed by atoms with van der Waals surface area (Å²) in [6.45, 7) is 2.00. The Morgan fingerprint density at radius 2 is 2.14 bits per heavy atom. The lowest BCUT2D eigenvalue weighted by atomic mass is 10.1. The molecule has 3 aromatic rings. The highest BCUT2D eigenvalue weighted by atomic mass is 79.9. The molecule has 1 amide bonds. The molecule has 0 saturated carbocycles. The third-order valence-electron chi connectivity index (χ3n) is 3.26. The summed E-state index contributed by atoms with van der Waals surface area (Å²) in [5, 5.41) is 6.39. The highest BCUT2D eigenvalue weighted by molar-refractivity contribution is 9.10. The van der Waals surface area contributed by atoms with Crippen LogP contribution >= 0.6 is 27.3 Å². The number of halogens is 1. The summed E-state index contributed by atoms with van der Waals surface area (Å²) in [6, 6.07) is 11.7. The van der Waals surface area contributed by atoms with E-state index in [9.17, 15) is 4.79 Å². The molecule has 2 heterocycles. The second-order valence-electron chi connectivity index (χ2n) is 4.94. The number of carbonyl (C=O) groups excluding carboxylic acids is 1. The first-order valence-corrected chi connectivity index (χ1v) is 8.32. The first-order valence-electron chi connectivity index (χ1n) is 6.65. The van der Waals surface area contributed by atoms with Gasteiger partial charge in [-0.15, -0.1) is 11.3 Å². The zero-order valence-electron chi connectivity index (χ0n) is 11.4.